The molecule has 0 aromatic rings. The maximum atomic E-state index is 11.8. The first kappa shape index (κ1) is 13.7. The molecule has 3 unspecified atom stereocenters. The van der Waals surface area contributed by atoms with Crippen molar-refractivity contribution >= 4 is 18.3 Å². The Bertz CT molecular complexity index is 226. The highest BCUT2D eigenvalue weighted by atomic mass is 35.5. The zero-order valence-electron chi connectivity index (χ0n) is 9.70. The van der Waals surface area contributed by atoms with Gasteiger partial charge in [0.1, 0.15) is 0 Å². The highest BCUT2D eigenvalue weighted by molar-refractivity contribution is 5.85. The molecule has 0 radical (unpaired) electrons. The maximum Gasteiger partial charge on any atom is 0.237 e. The number of carbonyl (C=O) groups excluding carboxylic acids is 1. The maximum absolute atomic E-state index is 11.8. The Labute approximate surface area is 103 Å². The molecule has 0 aromatic carbocycles. The fourth-order valence-electron chi connectivity index (χ4n) is 2.32. The summed E-state index contributed by atoms with van der Waals surface area (Å²) in [4.78, 5) is 11.8. The van der Waals surface area contributed by atoms with Crippen LogP contribution in [0, 0.1) is 0 Å². The van der Waals surface area contributed by atoms with E-state index in [1.807, 2.05) is 6.92 Å². The Morgan fingerprint density at radius 1 is 1.44 bits per heavy atom. The normalized spacial score (nSPS) is 30.8. The van der Waals surface area contributed by atoms with Crippen LogP contribution in [0.25, 0.3) is 0 Å². The van der Waals surface area contributed by atoms with Crippen LogP contribution in [0.2, 0.25) is 0 Å². The summed E-state index contributed by atoms with van der Waals surface area (Å²) in [5, 5.41) is 6.24. The van der Waals surface area contributed by atoms with Gasteiger partial charge in [0.25, 0.3) is 0 Å². The van der Waals surface area contributed by atoms with E-state index in [4.69, 9.17) is 4.74 Å². The van der Waals surface area contributed by atoms with E-state index in [0.29, 0.717) is 0 Å². The molecule has 2 rings (SSSR count). The largest absolute Gasteiger partial charge is 0.376 e. The van der Waals surface area contributed by atoms with Crippen LogP contribution in [0.3, 0.4) is 0 Å². The Morgan fingerprint density at radius 2 is 2.25 bits per heavy atom. The van der Waals surface area contributed by atoms with Gasteiger partial charge < -0.3 is 15.4 Å². The molecule has 1 amide bonds. The molecule has 4 nitrogen and oxygen atoms in total. The highest BCUT2D eigenvalue weighted by Crippen LogP contribution is 2.15. The Morgan fingerprint density at radius 3 is 2.81 bits per heavy atom. The van der Waals surface area contributed by atoms with E-state index in [1.165, 1.54) is 0 Å². The predicted molar refractivity (Wildman–Crippen MR) is 64.9 cm³/mol. The molecule has 2 aliphatic rings. The first-order valence-corrected chi connectivity index (χ1v) is 5.93. The first-order chi connectivity index (χ1) is 7.27. The number of halogens is 1. The molecule has 2 N–H and O–H groups in total. The summed E-state index contributed by atoms with van der Waals surface area (Å²) in [5.41, 5.74) is 0. The van der Waals surface area contributed by atoms with E-state index in [9.17, 15) is 4.79 Å². The molecule has 0 spiro atoms. The van der Waals surface area contributed by atoms with Crippen LogP contribution in [-0.4, -0.2) is 37.2 Å². The monoisotopic (exact) mass is 248 g/mol. The van der Waals surface area contributed by atoms with Crippen molar-refractivity contribution in [3.63, 3.8) is 0 Å². The van der Waals surface area contributed by atoms with Gasteiger partial charge in [0.2, 0.25) is 5.91 Å². The van der Waals surface area contributed by atoms with Crippen LogP contribution >= 0.6 is 12.4 Å². The topological polar surface area (TPSA) is 50.4 Å². The molecule has 2 heterocycles. The van der Waals surface area contributed by atoms with Crippen LogP contribution in [-0.2, 0) is 9.53 Å². The Hall–Kier alpha value is -0.320. The van der Waals surface area contributed by atoms with Gasteiger partial charge in [-0.15, -0.1) is 12.4 Å². The summed E-state index contributed by atoms with van der Waals surface area (Å²) >= 11 is 0. The zero-order valence-corrected chi connectivity index (χ0v) is 10.5. The van der Waals surface area contributed by atoms with Crippen molar-refractivity contribution in [1.29, 1.82) is 0 Å². The van der Waals surface area contributed by atoms with Gasteiger partial charge in [-0.05, 0) is 39.2 Å². The fourth-order valence-corrected chi connectivity index (χ4v) is 2.32. The van der Waals surface area contributed by atoms with Crippen molar-refractivity contribution in [2.45, 2.75) is 50.8 Å². The van der Waals surface area contributed by atoms with E-state index in [2.05, 4.69) is 10.6 Å². The smallest absolute Gasteiger partial charge is 0.237 e. The Kier molecular flexibility index (Phi) is 5.52. The number of amides is 1. The minimum Gasteiger partial charge on any atom is -0.376 e. The molecule has 94 valence electrons. The van der Waals surface area contributed by atoms with E-state index >= 15 is 0 Å². The Balaban J connectivity index is 0.00000128. The summed E-state index contributed by atoms with van der Waals surface area (Å²) in [6.45, 7) is 3.84. The number of carbonyl (C=O) groups is 1. The molecule has 2 fully saturated rings. The molecular formula is C11H21ClN2O2. The van der Waals surface area contributed by atoms with E-state index in [-0.39, 0.29) is 36.5 Å². The number of ether oxygens (including phenoxy) is 1. The number of rotatable bonds is 3. The van der Waals surface area contributed by atoms with Gasteiger partial charge in [-0.2, -0.15) is 0 Å². The van der Waals surface area contributed by atoms with Gasteiger partial charge in [0.05, 0.1) is 18.2 Å². The van der Waals surface area contributed by atoms with Gasteiger partial charge in [-0.1, -0.05) is 0 Å². The SMILES string of the molecule is CC(NC(=O)C1CCCN1)C1CCCO1.Cl. The highest BCUT2D eigenvalue weighted by Gasteiger charge is 2.27. The summed E-state index contributed by atoms with van der Waals surface area (Å²) in [5.74, 6) is 0.135. The lowest BCUT2D eigenvalue weighted by Crippen LogP contribution is -2.48. The lowest BCUT2D eigenvalue weighted by atomic mass is 10.1. The molecular weight excluding hydrogens is 228 g/mol. The number of nitrogens with one attached hydrogen (secondary N) is 2. The van der Waals surface area contributed by atoms with Gasteiger partial charge in [0.15, 0.2) is 0 Å². The molecule has 0 saturated carbocycles. The molecule has 0 aliphatic carbocycles. The van der Waals surface area contributed by atoms with E-state index < -0.39 is 0 Å². The first-order valence-electron chi connectivity index (χ1n) is 5.93. The summed E-state index contributed by atoms with van der Waals surface area (Å²) in [6.07, 6.45) is 4.47. The van der Waals surface area contributed by atoms with E-state index in [1.54, 1.807) is 0 Å². The number of hydrogen-bond acceptors (Lipinski definition) is 3. The zero-order chi connectivity index (χ0) is 10.7. The van der Waals surface area contributed by atoms with Crippen molar-refractivity contribution in [3.8, 4) is 0 Å². The van der Waals surface area contributed by atoms with Crippen molar-refractivity contribution in [2.75, 3.05) is 13.2 Å². The fraction of sp³-hybridized carbons (Fsp3) is 0.909. The number of hydrogen-bond donors (Lipinski definition) is 2. The minimum atomic E-state index is 0. The lowest BCUT2D eigenvalue weighted by molar-refractivity contribution is -0.124. The second-order valence-electron chi connectivity index (χ2n) is 4.50. The average molecular weight is 249 g/mol. The quantitative estimate of drug-likeness (QED) is 0.779. The van der Waals surface area contributed by atoms with Crippen LogP contribution in [0.5, 0.6) is 0 Å². The van der Waals surface area contributed by atoms with Crippen LogP contribution in [0.1, 0.15) is 32.6 Å². The second kappa shape index (κ2) is 6.42. The average Bonchev–Trinajstić information content (AvgIpc) is 2.91. The minimum absolute atomic E-state index is 0. The predicted octanol–water partition coefficient (Wildman–Crippen LogP) is 0.844. The summed E-state index contributed by atoms with van der Waals surface area (Å²) in [7, 11) is 0. The summed E-state index contributed by atoms with van der Waals surface area (Å²) in [6, 6.07) is 0.163. The second-order valence-corrected chi connectivity index (χ2v) is 4.50. The molecule has 2 aliphatic heterocycles. The van der Waals surface area contributed by atoms with Crippen molar-refractivity contribution in [3.05, 3.63) is 0 Å². The lowest BCUT2D eigenvalue weighted by Gasteiger charge is -2.21. The molecule has 0 bridgehead atoms. The van der Waals surface area contributed by atoms with Crippen molar-refractivity contribution in [1.82, 2.24) is 10.6 Å². The van der Waals surface area contributed by atoms with Gasteiger partial charge in [0, 0.05) is 6.61 Å². The van der Waals surface area contributed by atoms with Gasteiger partial charge >= 0.3 is 0 Å². The van der Waals surface area contributed by atoms with Crippen molar-refractivity contribution in [2.24, 2.45) is 0 Å². The van der Waals surface area contributed by atoms with Crippen molar-refractivity contribution < 1.29 is 9.53 Å². The standard InChI is InChI=1S/C11H20N2O2.ClH/c1-8(10-5-3-7-15-10)13-11(14)9-4-2-6-12-9;/h8-10,12H,2-7H2,1H3,(H,13,14);1H. The third kappa shape index (κ3) is 3.34. The molecule has 5 heteroatoms. The third-order valence-electron chi connectivity index (χ3n) is 3.27. The molecule has 3 atom stereocenters. The third-order valence-corrected chi connectivity index (χ3v) is 3.27. The van der Waals surface area contributed by atoms with Gasteiger partial charge in [-0.25, -0.2) is 0 Å². The van der Waals surface area contributed by atoms with Crippen LogP contribution < -0.4 is 10.6 Å². The van der Waals surface area contributed by atoms with E-state index in [0.717, 1.165) is 38.8 Å². The molecule has 0 aromatic heterocycles. The van der Waals surface area contributed by atoms with Crippen LogP contribution in [0.15, 0.2) is 0 Å². The van der Waals surface area contributed by atoms with Gasteiger partial charge in [-0.3, -0.25) is 4.79 Å². The summed E-state index contributed by atoms with van der Waals surface area (Å²) < 4.78 is 5.54. The van der Waals surface area contributed by atoms with Crippen LogP contribution in [0.4, 0.5) is 0 Å². The molecule has 2 saturated heterocycles. The molecule has 16 heavy (non-hydrogen) atoms.